The van der Waals surface area contributed by atoms with Crippen LogP contribution in [0.3, 0.4) is 0 Å². The van der Waals surface area contributed by atoms with Gasteiger partial charge in [-0.2, -0.15) is 0 Å². The molecule has 2 aromatic rings. The van der Waals surface area contributed by atoms with Crippen molar-refractivity contribution in [3.63, 3.8) is 0 Å². The number of benzene rings is 2. The zero-order valence-electron chi connectivity index (χ0n) is 16.1. The minimum absolute atomic E-state index is 0.0365. The number of phenolic OH excluding ortho intramolecular Hbond substituents is 1. The van der Waals surface area contributed by atoms with Crippen molar-refractivity contribution in [3.8, 4) is 11.5 Å². The first kappa shape index (κ1) is 19.9. The van der Waals surface area contributed by atoms with E-state index in [4.69, 9.17) is 4.74 Å². The lowest BCUT2D eigenvalue weighted by molar-refractivity contribution is -0.122. The van der Waals surface area contributed by atoms with E-state index in [2.05, 4.69) is 11.9 Å². The number of aryl methyl sites for hydroxylation is 1. The average molecular weight is 392 g/mol. The number of phenols is 1. The zero-order chi connectivity index (χ0) is 21.1. The molecule has 1 saturated heterocycles. The third kappa shape index (κ3) is 3.89. The number of methoxy groups -OCH3 is 1. The first-order valence-corrected chi connectivity index (χ1v) is 8.84. The fourth-order valence-electron chi connectivity index (χ4n) is 3.06. The maximum atomic E-state index is 13.0. The van der Waals surface area contributed by atoms with Crippen LogP contribution in [0.1, 0.15) is 16.7 Å². The van der Waals surface area contributed by atoms with E-state index in [9.17, 15) is 19.5 Å². The molecule has 7 heteroatoms. The number of hydrogen-bond donors (Lipinski definition) is 2. The molecule has 2 N–H and O–H groups in total. The number of nitrogens with zero attached hydrogens (tertiary/aromatic N) is 1. The van der Waals surface area contributed by atoms with E-state index in [0.29, 0.717) is 23.2 Å². The summed E-state index contributed by atoms with van der Waals surface area (Å²) < 4.78 is 5.17. The number of urea groups is 1. The van der Waals surface area contributed by atoms with Crippen molar-refractivity contribution in [3.05, 3.63) is 71.3 Å². The van der Waals surface area contributed by atoms with Crippen LogP contribution in [0.15, 0.2) is 54.6 Å². The highest BCUT2D eigenvalue weighted by Crippen LogP contribution is 2.33. The van der Waals surface area contributed by atoms with E-state index >= 15 is 0 Å². The maximum Gasteiger partial charge on any atom is 0.335 e. The lowest BCUT2D eigenvalue weighted by atomic mass is 10.0. The van der Waals surface area contributed by atoms with E-state index in [0.717, 1.165) is 10.5 Å². The Morgan fingerprint density at radius 3 is 2.62 bits per heavy atom. The number of allylic oxidation sites excluding steroid dienone is 1. The Hall–Kier alpha value is -3.87. The molecule has 0 radical (unpaired) electrons. The van der Waals surface area contributed by atoms with Crippen LogP contribution in [0.25, 0.3) is 6.08 Å². The van der Waals surface area contributed by atoms with Gasteiger partial charge in [-0.1, -0.05) is 18.2 Å². The van der Waals surface area contributed by atoms with E-state index in [-0.39, 0.29) is 17.1 Å². The van der Waals surface area contributed by atoms with Crippen molar-refractivity contribution in [2.75, 3.05) is 12.0 Å². The van der Waals surface area contributed by atoms with Crippen molar-refractivity contribution in [2.24, 2.45) is 0 Å². The second-order valence-electron chi connectivity index (χ2n) is 6.52. The van der Waals surface area contributed by atoms with Gasteiger partial charge in [0.15, 0.2) is 11.5 Å². The van der Waals surface area contributed by atoms with Gasteiger partial charge in [0.25, 0.3) is 11.8 Å². The summed E-state index contributed by atoms with van der Waals surface area (Å²) in [5, 5.41) is 12.4. The molecule has 0 atom stereocenters. The number of hydrogen-bond acceptors (Lipinski definition) is 5. The molecule has 3 rings (SSSR count). The predicted octanol–water partition coefficient (Wildman–Crippen LogP) is 3.10. The molecule has 1 aliphatic rings. The summed E-state index contributed by atoms with van der Waals surface area (Å²) >= 11 is 0. The summed E-state index contributed by atoms with van der Waals surface area (Å²) in [6.45, 7) is 5.49. The summed E-state index contributed by atoms with van der Waals surface area (Å²) in [5.74, 6) is -1.36. The Labute approximate surface area is 167 Å². The third-order valence-corrected chi connectivity index (χ3v) is 4.43. The summed E-state index contributed by atoms with van der Waals surface area (Å²) in [4.78, 5) is 38.5. The molecule has 2 aromatic carbocycles. The fourth-order valence-corrected chi connectivity index (χ4v) is 3.06. The van der Waals surface area contributed by atoms with Crippen molar-refractivity contribution in [1.29, 1.82) is 0 Å². The first-order chi connectivity index (χ1) is 13.8. The number of barbiturate groups is 1. The number of amides is 4. The van der Waals surface area contributed by atoms with Crippen LogP contribution < -0.4 is 15.0 Å². The molecule has 4 amide bonds. The van der Waals surface area contributed by atoms with Crippen molar-refractivity contribution in [2.45, 2.75) is 13.3 Å². The highest BCUT2D eigenvalue weighted by Gasteiger charge is 2.36. The van der Waals surface area contributed by atoms with Gasteiger partial charge >= 0.3 is 6.03 Å². The van der Waals surface area contributed by atoms with Gasteiger partial charge in [0, 0.05) is 5.56 Å². The Morgan fingerprint density at radius 2 is 1.97 bits per heavy atom. The molecule has 1 fully saturated rings. The second-order valence-corrected chi connectivity index (χ2v) is 6.52. The topological polar surface area (TPSA) is 95.9 Å². The average Bonchev–Trinajstić information content (AvgIpc) is 2.67. The second kappa shape index (κ2) is 8.02. The minimum atomic E-state index is -0.807. The maximum absolute atomic E-state index is 13.0. The quantitative estimate of drug-likeness (QED) is 0.463. The van der Waals surface area contributed by atoms with Crippen LogP contribution in [-0.4, -0.2) is 30.1 Å². The van der Waals surface area contributed by atoms with E-state index in [1.165, 1.54) is 19.3 Å². The van der Waals surface area contributed by atoms with Crippen molar-refractivity contribution in [1.82, 2.24) is 5.32 Å². The van der Waals surface area contributed by atoms with E-state index < -0.39 is 17.8 Å². The Morgan fingerprint density at radius 1 is 1.21 bits per heavy atom. The number of rotatable bonds is 5. The molecule has 0 aromatic heterocycles. The predicted molar refractivity (Wildman–Crippen MR) is 109 cm³/mol. The molecule has 0 aliphatic carbocycles. The summed E-state index contributed by atoms with van der Waals surface area (Å²) in [5.41, 5.74) is 2.02. The third-order valence-electron chi connectivity index (χ3n) is 4.43. The van der Waals surface area contributed by atoms with Crippen LogP contribution in [0, 0.1) is 6.92 Å². The molecule has 0 unspecified atom stereocenters. The van der Waals surface area contributed by atoms with Gasteiger partial charge in [-0.05, 0) is 54.8 Å². The molecule has 148 valence electrons. The number of imide groups is 2. The smallest absolute Gasteiger partial charge is 0.335 e. The molecular formula is C22H20N2O5. The lowest BCUT2D eigenvalue weighted by Crippen LogP contribution is -2.54. The molecule has 29 heavy (non-hydrogen) atoms. The Bertz CT molecular complexity index is 1060. The molecule has 0 saturated carbocycles. The highest BCUT2D eigenvalue weighted by atomic mass is 16.5. The van der Waals surface area contributed by atoms with Crippen LogP contribution in [0.2, 0.25) is 0 Å². The summed E-state index contributed by atoms with van der Waals surface area (Å²) in [6, 6.07) is 9.17. The van der Waals surface area contributed by atoms with Crippen LogP contribution in [0.4, 0.5) is 10.5 Å². The van der Waals surface area contributed by atoms with Gasteiger partial charge in [0.1, 0.15) is 5.57 Å². The number of carbonyl (C=O) groups excluding carboxylic acids is 3. The van der Waals surface area contributed by atoms with Crippen molar-refractivity contribution < 1.29 is 24.2 Å². The molecular weight excluding hydrogens is 372 g/mol. The number of nitrogens with one attached hydrogen (secondary N) is 1. The zero-order valence-corrected chi connectivity index (χ0v) is 16.1. The summed E-state index contributed by atoms with van der Waals surface area (Å²) in [7, 11) is 1.40. The molecule has 1 heterocycles. The van der Waals surface area contributed by atoms with Gasteiger partial charge < -0.3 is 9.84 Å². The van der Waals surface area contributed by atoms with Crippen LogP contribution >= 0.6 is 0 Å². The fraction of sp³-hybridized carbons (Fsp3) is 0.136. The number of carbonyl (C=O) groups is 3. The SMILES string of the molecule is C=CCc1cc(/C=C2\C(=O)NC(=O)N(c3cccc(C)c3)C2=O)cc(OC)c1O. The number of aromatic hydroxyl groups is 1. The monoisotopic (exact) mass is 392 g/mol. The molecule has 0 bridgehead atoms. The van der Waals surface area contributed by atoms with E-state index in [1.54, 1.807) is 30.3 Å². The molecule has 1 aliphatic heterocycles. The first-order valence-electron chi connectivity index (χ1n) is 8.84. The summed E-state index contributed by atoms with van der Waals surface area (Å²) in [6.07, 6.45) is 3.34. The molecule has 0 spiro atoms. The number of anilines is 1. The van der Waals surface area contributed by atoms with E-state index in [1.807, 2.05) is 13.0 Å². The highest BCUT2D eigenvalue weighted by molar-refractivity contribution is 6.39. The van der Waals surface area contributed by atoms with Gasteiger partial charge in [-0.3, -0.25) is 14.9 Å². The van der Waals surface area contributed by atoms with Gasteiger partial charge in [-0.15, -0.1) is 6.58 Å². The standard InChI is InChI=1S/C22H20N2O5/c1-4-6-15-10-14(12-18(29-3)19(15)25)11-17-20(26)23-22(28)24(21(17)27)16-8-5-7-13(2)9-16/h4-5,7-12,25H,1,6H2,2-3H3,(H,23,26,28)/b17-11+. The van der Waals surface area contributed by atoms with Gasteiger partial charge in [-0.25, -0.2) is 9.69 Å². The lowest BCUT2D eigenvalue weighted by Gasteiger charge is -2.26. The van der Waals surface area contributed by atoms with Crippen LogP contribution in [-0.2, 0) is 16.0 Å². The minimum Gasteiger partial charge on any atom is -0.504 e. The van der Waals surface area contributed by atoms with Gasteiger partial charge in [0.2, 0.25) is 0 Å². The Balaban J connectivity index is 2.07. The van der Waals surface area contributed by atoms with Crippen molar-refractivity contribution >= 4 is 29.6 Å². The number of ether oxygens (including phenoxy) is 1. The molecule has 7 nitrogen and oxygen atoms in total. The normalized spacial score (nSPS) is 15.4. The van der Waals surface area contributed by atoms with Crippen LogP contribution in [0.5, 0.6) is 11.5 Å². The Kier molecular flexibility index (Phi) is 5.50. The largest absolute Gasteiger partial charge is 0.504 e. The van der Waals surface area contributed by atoms with Gasteiger partial charge in [0.05, 0.1) is 12.8 Å².